The lowest BCUT2D eigenvalue weighted by molar-refractivity contribution is -0.172. The summed E-state index contributed by atoms with van der Waals surface area (Å²) in [4.78, 5) is 48.5. The van der Waals surface area contributed by atoms with Gasteiger partial charge in [-0.1, -0.05) is 27.2 Å². The SMILES string of the molecule is CC[C@H](C)C[C@H](C)C(=O)O[C@@]1(C)C(=O)C=C2C=C(/C=C/C(=O)O)OC=C2C1=O. The number of carboxylic acid groups (broad SMARTS) is 1. The Bertz CT molecular complexity index is 828. The number of ketones is 2. The maximum atomic E-state index is 12.9. The highest BCUT2D eigenvalue weighted by molar-refractivity contribution is 6.26. The average Bonchev–Trinajstić information content (AvgIpc) is 2.64. The van der Waals surface area contributed by atoms with Crippen LogP contribution in [0.15, 0.2) is 47.5 Å². The van der Waals surface area contributed by atoms with E-state index in [0.717, 1.165) is 18.8 Å². The molecule has 3 atom stereocenters. The number of allylic oxidation sites excluding steroid dienone is 3. The molecule has 0 aromatic rings. The minimum atomic E-state index is -1.94. The molecule has 0 bridgehead atoms. The first-order valence-corrected chi connectivity index (χ1v) is 9.12. The van der Waals surface area contributed by atoms with Crippen molar-refractivity contribution in [1.82, 2.24) is 0 Å². The lowest BCUT2D eigenvalue weighted by Crippen LogP contribution is -2.51. The highest BCUT2D eigenvalue weighted by Gasteiger charge is 2.49. The summed E-state index contributed by atoms with van der Waals surface area (Å²) >= 11 is 0. The molecule has 1 aliphatic carbocycles. The smallest absolute Gasteiger partial charge is 0.328 e. The number of carboxylic acids is 1. The second-order valence-electron chi connectivity index (χ2n) is 7.27. The van der Waals surface area contributed by atoms with Crippen LogP contribution < -0.4 is 0 Å². The summed E-state index contributed by atoms with van der Waals surface area (Å²) in [6.07, 6.45) is 7.32. The van der Waals surface area contributed by atoms with E-state index in [1.807, 2.05) is 13.8 Å². The fourth-order valence-corrected chi connectivity index (χ4v) is 2.92. The average molecular weight is 388 g/mol. The van der Waals surface area contributed by atoms with Gasteiger partial charge in [-0.3, -0.25) is 14.4 Å². The zero-order valence-corrected chi connectivity index (χ0v) is 16.4. The molecule has 150 valence electrons. The molecule has 1 heterocycles. The number of Topliss-reactive ketones (excluding diaryl/α,β-unsaturated/α-hetero) is 1. The van der Waals surface area contributed by atoms with Crippen molar-refractivity contribution < 1.29 is 33.8 Å². The molecular weight excluding hydrogens is 364 g/mol. The lowest BCUT2D eigenvalue weighted by Gasteiger charge is -2.32. The van der Waals surface area contributed by atoms with Crippen molar-refractivity contribution >= 4 is 23.5 Å². The summed E-state index contributed by atoms with van der Waals surface area (Å²) in [5.74, 6) is -3.03. The van der Waals surface area contributed by atoms with Crippen LogP contribution in [-0.4, -0.2) is 34.2 Å². The Labute approximate surface area is 163 Å². The molecule has 2 rings (SSSR count). The summed E-state index contributed by atoms with van der Waals surface area (Å²) in [5.41, 5.74) is -1.56. The number of rotatable bonds is 7. The summed E-state index contributed by atoms with van der Waals surface area (Å²) in [5, 5.41) is 8.67. The molecule has 1 aliphatic heterocycles. The number of carbonyl (C=O) groups is 4. The Morgan fingerprint density at radius 1 is 1.29 bits per heavy atom. The van der Waals surface area contributed by atoms with Gasteiger partial charge in [0.1, 0.15) is 12.0 Å². The van der Waals surface area contributed by atoms with Crippen molar-refractivity contribution in [3.8, 4) is 0 Å². The van der Waals surface area contributed by atoms with Crippen LogP contribution in [-0.2, 0) is 28.7 Å². The van der Waals surface area contributed by atoms with Crippen LogP contribution >= 0.6 is 0 Å². The van der Waals surface area contributed by atoms with Crippen LogP contribution in [0.1, 0.15) is 40.5 Å². The van der Waals surface area contributed by atoms with Crippen LogP contribution in [0.25, 0.3) is 0 Å². The van der Waals surface area contributed by atoms with Crippen LogP contribution in [0, 0.1) is 11.8 Å². The summed E-state index contributed by atoms with van der Waals surface area (Å²) in [6.45, 7) is 7.03. The number of carbonyl (C=O) groups excluding carboxylic acids is 3. The van der Waals surface area contributed by atoms with Gasteiger partial charge in [-0.2, -0.15) is 0 Å². The molecule has 0 unspecified atom stereocenters. The zero-order chi connectivity index (χ0) is 21.1. The van der Waals surface area contributed by atoms with E-state index in [1.54, 1.807) is 6.92 Å². The molecular formula is C21H24O7. The highest BCUT2D eigenvalue weighted by Crippen LogP contribution is 2.34. The van der Waals surface area contributed by atoms with E-state index >= 15 is 0 Å². The van der Waals surface area contributed by atoms with Gasteiger partial charge in [-0.05, 0) is 43.1 Å². The van der Waals surface area contributed by atoms with E-state index in [9.17, 15) is 19.2 Å². The molecule has 0 saturated heterocycles. The molecule has 0 spiro atoms. The number of fused-ring (bicyclic) bond motifs is 1. The Hall–Kier alpha value is -2.96. The molecule has 0 saturated carbocycles. The molecule has 7 nitrogen and oxygen atoms in total. The first-order chi connectivity index (χ1) is 13.1. The molecule has 28 heavy (non-hydrogen) atoms. The third kappa shape index (κ3) is 4.47. The minimum absolute atomic E-state index is 0.0944. The molecule has 0 aromatic carbocycles. The third-order valence-electron chi connectivity index (χ3n) is 4.91. The van der Waals surface area contributed by atoms with Gasteiger partial charge in [-0.15, -0.1) is 0 Å². The number of aliphatic carboxylic acids is 1. The van der Waals surface area contributed by atoms with Gasteiger partial charge in [0.25, 0.3) is 0 Å². The predicted molar refractivity (Wildman–Crippen MR) is 99.9 cm³/mol. The molecule has 0 fully saturated rings. The van der Waals surface area contributed by atoms with Gasteiger partial charge in [0.15, 0.2) is 0 Å². The number of esters is 1. The summed E-state index contributed by atoms with van der Waals surface area (Å²) in [6, 6.07) is 0. The molecule has 2 aliphatic rings. The zero-order valence-electron chi connectivity index (χ0n) is 16.4. The second-order valence-corrected chi connectivity index (χ2v) is 7.27. The lowest BCUT2D eigenvalue weighted by atomic mass is 9.80. The van der Waals surface area contributed by atoms with Crippen LogP contribution in [0.2, 0.25) is 0 Å². The summed E-state index contributed by atoms with van der Waals surface area (Å²) in [7, 11) is 0. The first-order valence-electron chi connectivity index (χ1n) is 9.12. The van der Waals surface area contributed by atoms with E-state index in [0.29, 0.717) is 12.3 Å². The van der Waals surface area contributed by atoms with E-state index < -0.39 is 35.0 Å². The van der Waals surface area contributed by atoms with Crippen molar-refractivity contribution in [2.75, 3.05) is 0 Å². The van der Waals surface area contributed by atoms with E-state index in [4.69, 9.17) is 14.6 Å². The Balaban J connectivity index is 2.23. The Kier molecular flexibility index (Phi) is 6.38. The topological polar surface area (TPSA) is 107 Å². The standard InChI is InChI=1S/C21H24O7/c1-5-12(2)8-13(3)20(26)28-21(4)17(22)10-14-9-15(6-7-18(23)24)27-11-16(14)19(21)25/h6-7,9-13H,5,8H2,1-4H3,(H,23,24)/b7-6+/t12-,13-,21-/m0/s1. The van der Waals surface area contributed by atoms with Crippen LogP contribution in [0.5, 0.6) is 0 Å². The number of hydrogen-bond donors (Lipinski definition) is 1. The molecule has 1 N–H and O–H groups in total. The normalized spacial score (nSPS) is 23.8. The minimum Gasteiger partial charge on any atom is -0.478 e. The molecule has 0 aromatic heterocycles. The number of ether oxygens (including phenoxy) is 2. The van der Waals surface area contributed by atoms with E-state index in [2.05, 4.69) is 0 Å². The van der Waals surface area contributed by atoms with E-state index in [-0.39, 0.29) is 16.9 Å². The Morgan fingerprint density at radius 2 is 1.96 bits per heavy atom. The molecule has 0 amide bonds. The van der Waals surface area contributed by atoms with Gasteiger partial charge < -0.3 is 14.6 Å². The van der Waals surface area contributed by atoms with Crippen molar-refractivity contribution in [1.29, 1.82) is 0 Å². The van der Waals surface area contributed by atoms with Gasteiger partial charge in [0, 0.05) is 6.08 Å². The van der Waals surface area contributed by atoms with Crippen molar-refractivity contribution in [3.63, 3.8) is 0 Å². The molecule has 0 radical (unpaired) electrons. The fourth-order valence-electron chi connectivity index (χ4n) is 2.92. The maximum absolute atomic E-state index is 12.9. The Morgan fingerprint density at radius 3 is 2.57 bits per heavy atom. The third-order valence-corrected chi connectivity index (χ3v) is 4.91. The molecule has 7 heteroatoms. The van der Waals surface area contributed by atoms with Crippen molar-refractivity contribution in [2.24, 2.45) is 11.8 Å². The van der Waals surface area contributed by atoms with E-state index in [1.165, 1.54) is 25.2 Å². The first kappa shape index (κ1) is 21.3. The van der Waals surface area contributed by atoms with Crippen molar-refractivity contribution in [2.45, 2.75) is 46.1 Å². The number of hydrogen-bond acceptors (Lipinski definition) is 6. The maximum Gasteiger partial charge on any atom is 0.328 e. The van der Waals surface area contributed by atoms with Gasteiger partial charge in [0.2, 0.25) is 17.2 Å². The summed E-state index contributed by atoms with van der Waals surface area (Å²) < 4.78 is 10.6. The quantitative estimate of drug-likeness (QED) is 0.406. The van der Waals surface area contributed by atoms with Gasteiger partial charge in [-0.25, -0.2) is 4.79 Å². The fraction of sp³-hybridized carbons (Fsp3) is 0.429. The second kappa shape index (κ2) is 8.37. The van der Waals surface area contributed by atoms with Crippen LogP contribution in [0.3, 0.4) is 0 Å². The van der Waals surface area contributed by atoms with Crippen LogP contribution in [0.4, 0.5) is 0 Å². The predicted octanol–water partition coefficient (Wildman–Crippen LogP) is 2.88. The van der Waals surface area contributed by atoms with Gasteiger partial charge >= 0.3 is 11.9 Å². The monoisotopic (exact) mass is 388 g/mol. The largest absolute Gasteiger partial charge is 0.478 e. The van der Waals surface area contributed by atoms with Crippen molar-refractivity contribution in [3.05, 3.63) is 47.5 Å². The van der Waals surface area contributed by atoms with Gasteiger partial charge in [0.05, 0.1) is 11.5 Å². The highest BCUT2D eigenvalue weighted by atomic mass is 16.6.